The van der Waals surface area contributed by atoms with Crippen LogP contribution in [0.15, 0.2) is 18.2 Å². The van der Waals surface area contributed by atoms with Gasteiger partial charge in [-0.05, 0) is 45.2 Å². The molecule has 0 aromatic heterocycles. The molecule has 2 rings (SSSR count). The Bertz CT molecular complexity index is 500. The number of hydrogen-bond donors (Lipinski definition) is 1. The standard InChI is InChI=1S/C16H23NO3/c1-4-19-15(18)16(17)8-7-13(10-16)20-14-6-5-11(2)9-12(14)3/h5-6,9,13H,4,7-8,10,17H2,1-3H3. The molecule has 4 heteroatoms. The lowest BCUT2D eigenvalue weighted by Gasteiger charge is -2.22. The third-order valence-electron chi connectivity index (χ3n) is 3.81. The first-order chi connectivity index (χ1) is 9.44. The molecule has 1 aromatic carbocycles. The number of benzene rings is 1. The van der Waals surface area contributed by atoms with E-state index in [1.165, 1.54) is 5.56 Å². The van der Waals surface area contributed by atoms with Crippen LogP contribution in [0.2, 0.25) is 0 Å². The molecular formula is C16H23NO3. The van der Waals surface area contributed by atoms with Crippen molar-refractivity contribution in [1.82, 2.24) is 0 Å². The Balaban J connectivity index is 2.01. The Hall–Kier alpha value is -1.55. The molecule has 20 heavy (non-hydrogen) atoms. The van der Waals surface area contributed by atoms with Gasteiger partial charge in [0.15, 0.2) is 0 Å². The van der Waals surface area contributed by atoms with Crippen molar-refractivity contribution < 1.29 is 14.3 Å². The summed E-state index contributed by atoms with van der Waals surface area (Å²) in [5.41, 5.74) is 7.57. The lowest BCUT2D eigenvalue weighted by Crippen LogP contribution is -2.47. The van der Waals surface area contributed by atoms with Gasteiger partial charge in [0.25, 0.3) is 0 Å². The second-order valence-electron chi connectivity index (χ2n) is 5.63. The number of carbonyl (C=O) groups excluding carboxylic acids is 1. The summed E-state index contributed by atoms with van der Waals surface area (Å²) in [6.07, 6.45) is 1.88. The van der Waals surface area contributed by atoms with E-state index in [2.05, 4.69) is 13.0 Å². The monoisotopic (exact) mass is 277 g/mol. The van der Waals surface area contributed by atoms with Crippen LogP contribution in [0, 0.1) is 13.8 Å². The first-order valence-corrected chi connectivity index (χ1v) is 7.14. The molecule has 1 aromatic rings. The molecule has 0 bridgehead atoms. The Morgan fingerprint density at radius 1 is 1.45 bits per heavy atom. The Morgan fingerprint density at radius 3 is 2.85 bits per heavy atom. The minimum atomic E-state index is -0.890. The minimum Gasteiger partial charge on any atom is -0.490 e. The van der Waals surface area contributed by atoms with Gasteiger partial charge in [-0.3, -0.25) is 4.79 Å². The topological polar surface area (TPSA) is 61.5 Å². The molecule has 1 saturated carbocycles. The fraction of sp³-hybridized carbons (Fsp3) is 0.562. The van der Waals surface area contributed by atoms with Gasteiger partial charge in [-0.1, -0.05) is 17.7 Å². The highest BCUT2D eigenvalue weighted by Gasteiger charge is 2.44. The zero-order valence-corrected chi connectivity index (χ0v) is 12.4. The maximum atomic E-state index is 11.9. The van der Waals surface area contributed by atoms with Gasteiger partial charge in [0.05, 0.1) is 6.61 Å². The lowest BCUT2D eigenvalue weighted by atomic mass is 9.99. The highest BCUT2D eigenvalue weighted by Crippen LogP contribution is 2.33. The molecule has 2 unspecified atom stereocenters. The Labute approximate surface area is 120 Å². The Morgan fingerprint density at radius 2 is 2.20 bits per heavy atom. The fourth-order valence-corrected chi connectivity index (χ4v) is 2.70. The summed E-state index contributed by atoms with van der Waals surface area (Å²) in [6.45, 7) is 6.23. The molecule has 2 atom stereocenters. The van der Waals surface area contributed by atoms with Crippen LogP contribution in [0.5, 0.6) is 5.75 Å². The summed E-state index contributed by atoms with van der Waals surface area (Å²) in [4.78, 5) is 11.9. The summed E-state index contributed by atoms with van der Waals surface area (Å²) >= 11 is 0. The molecule has 2 N–H and O–H groups in total. The van der Waals surface area contributed by atoms with Crippen molar-refractivity contribution in [3.05, 3.63) is 29.3 Å². The predicted molar refractivity (Wildman–Crippen MR) is 77.7 cm³/mol. The molecule has 0 aliphatic heterocycles. The molecule has 0 spiro atoms. The van der Waals surface area contributed by atoms with Crippen molar-refractivity contribution in [2.24, 2.45) is 5.73 Å². The first-order valence-electron chi connectivity index (χ1n) is 7.14. The molecule has 0 radical (unpaired) electrons. The summed E-state index contributed by atoms with van der Waals surface area (Å²) < 4.78 is 11.0. The van der Waals surface area contributed by atoms with Crippen LogP contribution >= 0.6 is 0 Å². The van der Waals surface area contributed by atoms with Crippen molar-refractivity contribution in [3.8, 4) is 5.75 Å². The second kappa shape index (κ2) is 5.83. The molecule has 0 heterocycles. The van der Waals surface area contributed by atoms with Gasteiger partial charge in [0.1, 0.15) is 17.4 Å². The lowest BCUT2D eigenvalue weighted by molar-refractivity contribution is -0.149. The van der Waals surface area contributed by atoms with Gasteiger partial charge in [-0.2, -0.15) is 0 Å². The number of ether oxygens (including phenoxy) is 2. The summed E-state index contributed by atoms with van der Waals surface area (Å²) in [7, 11) is 0. The van der Waals surface area contributed by atoms with Gasteiger partial charge in [-0.25, -0.2) is 0 Å². The number of carbonyl (C=O) groups is 1. The first kappa shape index (κ1) is 14.9. The van der Waals surface area contributed by atoms with E-state index < -0.39 is 5.54 Å². The van der Waals surface area contributed by atoms with E-state index in [0.717, 1.165) is 17.7 Å². The quantitative estimate of drug-likeness (QED) is 0.859. The number of nitrogens with two attached hydrogens (primary N) is 1. The molecule has 0 amide bonds. The molecular weight excluding hydrogens is 254 g/mol. The summed E-state index contributed by atoms with van der Waals surface area (Å²) in [5, 5.41) is 0. The third-order valence-corrected chi connectivity index (χ3v) is 3.81. The van der Waals surface area contributed by atoms with Crippen LogP contribution in [-0.2, 0) is 9.53 Å². The number of rotatable bonds is 4. The van der Waals surface area contributed by atoms with E-state index in [0.29, 0.717) is 19.4 Å². The van der Waals surface area contributed by atoms with E-state index in [4.69, 9.17) is 15.2 Å². The van der Waals surface area contributed by atoms with E-state index in [1.807, 2.05) is 19.1 Å². The average molecular weight is 277 g/mol. The van der Waals surface area contributed by atoms with Crippen LogP contribution in [0.25, 0.3) is 0 Å². The molecule has 1 aliphatic carbocycles. The predicted octanol–water partition coefficient (Wildman–Crippen LogP) is 2.50. The largest absolute Gasteiger partial charge is 0.490 e. The van der Waals surface area contributed by atoms with Crippen LogP contribution in [0.1, 0.15) is 37.3 Å². The van der Waals surface area contributed by atoms with Crippen molar-refractivity contribution in [3.63, 3.8) is 0 Å². The zero-order chi connectivity index (χ0) is 14.8. The van der Waals surface area contributed by atoms with E-state index >= 15 is 0 Å². The second-order valence-corrected chi connectivity index (χ2v) is 5.63. The van der Waals surface area contributed by atoms with Gasteiger partial charge in [-0.15, -0.1) is 0 Å². The van der Waals surface area contributed by atoms with Crippen LogP contribution in [-0.4, -0.2) is 24.2 Å². The van der Waals surface area contributed by atoms with Crippen molar-refractivity contribution in [1.29, 1.82) is 0 Å². The zero-order valence-electron chi connectivity index (χ0n) is 12.4. The molecule has 110 valence electrons. The highest BCUT2D eigenvalue weighted by molar-refractivity contribution is 5.81. The summed E-state index contributed by atoms with van der Waals surface area (Å²) in [5.74, 6) is 0.556. The number of aryl methyl sites for hydroxylation is 2. The fourth-order valence-electron chi connectivity index (χ4n) is 2.70. The van der Waals surface area contributed by atoms with Gasteiger partial charge >= 0.3 is 5.97 Å². The van der Waals surface area contributed by atoms with Crippen molar-refractivity contribution in [2.45, 2.75) is 51.7 Å². The van der Waals surface area contributed by atoms with Crippen molar-refractivity contribution >= 4 is 5.97 Å². The summed E-state index contributed by atoms with van der Waals surface area (Å²) in [6, 6.07) is 6.09. The van der Waals surface area contributed by atoms with Crippen molar-refractivity contribution in [2.75, 3.05) is 6.61 Å². The average Bonchev–Trinajstić information content (AvgIpc) is 2.76. The SMILES string of the molecule is CCOC(=O)C1(N)CCC(Oc2ccc(C)cc2C)C1. The maximum absolute atomic E-state index is 11.9. The van der Waals surface area contributed by atoms with E-state index in [1.54, 1.807) is 6.92 Å². The third kappa shape index (κ3) is 3.12. The van der Waals surface area contributed by atoms with Crippen LogP contribution < -0.4 is 10.5 Å². The highest BCUT2D eigenvalue weighted by atomic mass is 16.5. The molecule has 4 nitrogen and oxygen atoms in total. The van der Waals surface area contributed by atoms with Crippen LogP contribution in [0.4, 0.5) is 0 Å². The van der Waals surface area contributed by atoms with Gasteiger partial charge in [0.2, 0.25) is 0 Å². The van der Waals surface area contributed by atoms with E-state index in [-0.39, 0.29) is 12.1 Å². The normalized spacial score (nSPS) is 25.5. The molecule has 1 fully saturated rings. The molecule has 1 aliphatic rings. The smallest absolute Gasteiger partial charge is 0.326 e. The van der Waals surface area contributed by atoms with E-state index in [9.17, 15) is 4.79 Å². The molecule has 0 saturated heterocycles. The Kier molecular flexibility index (Phi) is 4.33. The maximum Gasteiger partial charge on any atom is 0.326 e. The minimum absolute atomic E-state index is 0.0224. The van der Waals surface area contributed by atoms with Gasteiger partial charge in [0, 0.05) is 6.42 Å². The number of hydrogen-bond acceptors (Lipinski definition) is 4. The number of esters is 1. The van der Waals surface area contributed by atoms with Gasteiger partial charge < -0.3 is 15.2 Å². The van der Waals surface area contributed by atoms with Crippen LogP contribution in [0.3, 0.4) is 0 Å².